The lowest BCUT2D eigenvalue weighted by Crippen LogP contribution is -2.54. The molecule has 0 saturated heterocycles. The average molecular weight is 237 g/mol. The van der Waals surface area contributed by atoms with E-state index in [2.05, 4.69) is 0 Å². The Morgan fingerprint density at radius 3 is 2.65 bits per heavy atom. The van der Waals surface area contributed by atoms with Crippen LogP contribution in [0.3, 0.4) is 0 Å². The molecule has 1 aromatic carbocycles. The maximum absolute atomic E-state index is 11.4. The summed E-state index contributed by atoms with van der Waals surface area (Å²) in [4.78, 5) is 11.4. The molecule has 1 fully saturated rings. The summed E-state index contributed by atoms with van der Waals surface area (Å²) in [5.74, 6) is -0.461. The van der Waals surface area contributed by atoms with Gasteiger partial charge in [0.05, 0.1) is 12.5 Å². The zero-order chi connectivity index (χ0) is 12.6. The van der Waals surface area contributed by atoms with Crippen LogP contribution in [0.1, 0.15) is 18.4 Å². The lowest BCUT2D eigenvalue weighted by molar-refractivity contribution is -0.148. The third-order valence-corrected chi connectivity index (χ3v) is 3.33. The Balaban J connectivity index is 2.48. The summed E-state index contributed by atoms with van der Waals surface area (Å²) in [5, 5.41) is 18.7. The third-order valence-electron chi connectivity index (χ3n) is 3.33. The first-order chi connectivity index (χ1) is 7.99. The molecule has 0 heterocycles. The molecule has 0 unspecified atom stereocenters. The minimum Gasteiger partial charge on any atom is -0.508 e. The molecule has 17 heavy (non-hydrogen) atoms. The van der Waals surface area contributed by atoms with E-state index in [4.69, 9.17) is 10.5 Å². The van der Waals surface area contributed by atoms with Crippen molar-refractivity contribution in [3.8, 4) is 11.5 Å². The minimum atomic E-state index is -0.974. The van der Waals surface area contributed by atoms with Crippen LogP contribution in [0.2, 0.25) is 0 Å². The molecule has 5 nitrogen and oxygen atoms in total. The molecule has 1 saturated carbocycles. The van der Waals surface area contributed by atoms with Gasteiger partial charge in [0.2, 0.25) is 0 Å². The standard InChI is InChI=1S/C12H15NO4/c1-17-10-4-8(14)2-3-9(10)12(11(15)16)5-7(13)6-12/h2-4,7,14H,5-6,13H2,1H3,(H,15,16). The molecule has 0 amide bonds. The Labute approximate surface area is 98.8 Å². The van der Waals surface area contributed by atoms with E-state index < -0.39 is 11.4 Å². The number of aliphatic carboxylic acids is 1. The van der Waals surface area contributed by atoms with E-state index in [0.29, 0.717) is 24.2 Å². The number of hydrogen-bond donors (Lipinski definition) is 3. The van der Waals surface area contributed by atoms with Crippen LogP contribution in [0.5, 0.6) is 11.5 Å². The number of ether oxygens (including phenoxy) is 1. The lowest BCUT2D eigenvalue weighted by atomic mass is 9.61. The first-order valence-corrected chi connectivity index (χ1v) is 5.36. The Morgan fingerprint density at radius 2 is 2.18 bits per heavy atom. The van der Waals surface area contributed by atoms with Crippen LogP contribution in [0, 0.1) is 0 Å². The Kier molecular flexibility index (Phi) is 2.71. The second kappa shape index (κ2) is 3.92. The van der Waals surface area contributed by atoms with E-state index in [1.54, 1.807) is 6.07 Å². The van der Waals surface area contributed by atoms with Crippen molar-refractivity contribution >= 4 is 5.97 Å². The minimum absolute atomic E-state index is 0.0507. The maximum Gasteiger partial charge on any atom is 0.314 e. The molecule has 5 heteroatoms. The van der Waals surface area contributed by atoms with E-state index in [1.807, 2.05) is 0 Å². The summed E-state index contributed by atoms with van der Waals surface area (Å²) in [5.41, 5.74) is 5.30. The number of carboxylic acid groups (broad SMARTS) is 1. The van der Waals surface area contributed by atoms with Gasteiger partial charge in [-0.2, -0.15) is 0 Å². The van der Waals surface area contributed by atoms with Crippen LogP contribution >= 0.6 is 0 Å². The number of rotatable bonds is 3. The van der Waals surface area contributed by atoms with Crippen LogP contribution < -0.4 is 10.5 Å². The zero-order valence-electron chi connectivity index (χ0n) is 9.51. The predicted octanol–water partition coefficient (Wildman–Crippen LogP) is 0.844. The second-order valence-corrected chi connectivity index (χ2v) is 4.44. The quantitative estimate of drug-likeness (QED) is 0.724. The molecule has 1 aliphatic rings. The molecule has 4 N–H and O–H groups in total. The first kappa shape index (κ1) is 11.7. The average Bonchev–Trinajstić information content (AvgIpc) is 2.24. The van der Waals surface area contributed by atoms with Gasteiger partial charge in [0.15, 0.2) is 0 Å². The van der Waals surface area contributed by atoms with Gasteiger partial charge in [-0.05, 0) is 18.9 Å². The number of phenolic OH excluding ortho intramolecular Hbond substituents is 1. The van der Waals surface area contributed by atoms with Gasteiger partial charge in [0.1, 0.15) is 11.5 Å². The van der Waals surface area contributed by atoms with Gasteiger partial charge < -0.3 is 20.7 Å². The van der Waals surface area contributed by atoms with Gasteiger partial charge >= 0.3 is 5.97 Å². The van der Waals surface area contributed by atoms with Crippen molar-refractivity contribution in [2.24, 2.45) is 5.73 Å². The zero-order valence-corrected chi connectivity index (χ0v) is 9.51. The number of carbonyl (C=O) groups is 1. The number of aromatic hydroxyl groups is 1. The van der Waals surface area contributed by atoms with E-state index in [0.717, 1.165) is 0 Å². The van der Waals surface area contributed by atoms with Crippen molar-refractivity contribution < 1.29 is 19.7 Å². The van der Waals surface area contributed by atoms with Crippen LogP contribution in [0.15, 0.2) is 18.2 Å². The van der Waals surface area contributed by atoms with E-state index in [1.165, 1.54) is 19.2 Å². The first-order valence-electron chi connectivity index (χ1n) is 5.36. The van der Waals surface area contributed by atoms with Crippen LogP contribution in [-0.2, 0) is 10.2 Å². The summed E-state index contributed by atoms with van der Waals surface area (Å²) >= 11 is 0. The van der Waals surface area contributed by atoms with Gasteiger partial charge in [-0.1, -0.05) is 6.07 Å². The lowest BCUT2D eigenvalue weighted by Gasteiger charge is -2.43. The number of carboxylic acids is 1. The van der Waals surface area contributed by atoms with Crippen molar-refractivity contribution in [2.45, 2.75) is 24.3 Å². The number of hydrogen-bond acceptors (Lipinski definition) is 4. The fourth-order valence-corrected chi connectivity index (χ4v) is 2.42. The summed E-state index contributed by atoms with van der Waals surface area (Å²) in [6.45, 7) is 0. The number of methoxy groups -OCH3 is 1. The van der Waals surface area contributed by atoms with Gasteiger partial charge in [0, 0.05) is 17.7 Å². The molecule has 1 aliphatic carbocycles. The van der Waals surface area contributed by atoms with Crippen molar-refractivity contribution in [1.82, 2.24) is 0 Å². The highest BCUT2D eigenvalue weighted by Crippen LogP contribution is 2.47. The second-order valence-electron chi connectivity index (χ2n) is 4.44. The molecule has 92 valence electrons. The smallest absolute Gasteiger partial charge is 0.314 e. The molecule has 0 atom stereocenters. The molecule has 1 aromatic rings. The number of nitrogens with two attached hydrogens (primary N) is 1. The molecule has 0 aromatic heterocycles. The number of phenols is 1. The fourth-order valence-electron chi connectivity index (χ4n) is 2.42. The molecule has 0 spiro atoms. The van der Waals surface area contributed by atoms with Crippen LogP contribution in [0.25, 0.3) is 0 Å². The SMILES string of the molecule is COc1cc(O)ccc1C1(C(=O)O)CC(N)C1. The van der Waals surface area contributed by atoms with Crippen molar-refractivity contribution in [3.63, 3.8) is 0 Å². The van der Waals surface area contributed by atoms with Crippen LogP contribution in [0.4, 0.5) is 0 Å². The predicted molar refractivity (Wildman–Crippen MR) is 61.2 cm³/mol. The highest BCUT2D eigenvalue weighted by atomic mass is 16.5. The van der Waals surface area contributed by atoms with Crippen molar-refractivity contribution in [3.05, 3.63) is 23.8 Å². The van der Waals surface area contributed by atoms with Gasteiger partial charge in [0.25, 0.3) is 0 Å². The highest BCUT2D eigenvalue weighted by Gasteiger charge is 2.51. The Hall–Kier alpha value is -1.75. The summed E-state index contributed by atoms with van der Waals surface area (Å²) in [7, 11) is 1.45. The monoisotopic (exact) mass is 237 g/mol. The topological polar surface area (TPSA) is 92.8 Å². The maximum atomic E-state index is 11.4. The molecule has 0 aliphatic heterocycles. The van der Waals surface area contributed by atoms with Gasteiger partial charge in [-0.15, -0.1) is 0 Å². The largest absolute Gasteiger partial charge is 0.508 e. The molecule has 2 rings (SSSR count). The van der Waals surface area contributed by atoms with Crippen molar-refractivity contribution in [1.29, 1.82) is 0 Å². The van der Waals surface area contributed by atoms with E-state index >= 15 is 0 Å². The molecular formula is C12H15NO4. The van der Waals surface area contributed by atoms with E-state index in [-0.39, 0.29) is 11.8 Å². The Bertz CT molecular complexity index is 452. The Morgan fingerprint density at radius 1 is 1.53 bits per heavy atom. The summed E-state index contributed by atoms with van der Waals surface area (Å²) in [6.07, 6.45) is 0.785. The highest BCUT2D eigenvalue weighted by molar-refractivity contribution is 5.84. The molecule has 0 radical (unpaired) electrons. The summed E-state index contributed by atoms with van der Waals surface area (Å²) < 4.78 is 5.13. The summed E-state index contributed by atoms with van der Waals surface area (Å²) in [6, 6.07) is 4.38. The fraction of sp³-hybridized carbons (Fsp3) is 0.417. The normalized spacial score (nSPS) is 27.3. The van der Waals surface area contributed by atoms with E-state index in [9.17, 15) is 15.0 Å². The van der Waals surface area contributed by atoms with Gasteiger partial charge in [-0.3, -0.25) is 4.79 Å². The van der Waals surface area contributed by atoms with Crippen molar-refractivity contribution in [2.75, 3.05) is 7.11 Å². The molecule has 0 bridgehead atoms. The third kappa shape index (κ3) is 1.72. The van der Waals surface area contributed by atoms with Crippen LogP contribution in [-0.4, -0.2) is 29.3 Å². The molecular weight excluding hydrogens is 222 g/mol. The number of benzene rings is 1. The van der Waals surface area contributed by atoms with Gasteiger partial charge in [-0.25, -0.2) is 0 Å².